The van der Waals surface area contributed by atoms with Gasteiger partial charge in [0.05, 0.1) is 21.3 Å². The zero-order chi connectivity index (χ0) is 15.2. The molecule has 0 spiro atoms. The van der Waals surface area contributed by atoms with Crippen LogP contribution in [0.15, 0.2) is 30.3 Å². The van der Waals surface area contributed by atoms with E-state index in [4.69, 9.17) is 32.7 Å². The Morgan fingerprint density at radius 1 is 1.19 bits per heavy atom. The number of ether oxygens (including phenoxy) is 2. The molecule has 0 aliphatic rings. The van der Waals surface area contributed by atoms with Gasteiger partial charge in [0.2, 0.25) is 0 Å². The summed E-state index contributed by atoms with van der Waals surface area (Å²) in [5.41, 5.74) is 2.01. The van der Waals surface area contributed by atoms with Gasteiger partial charge in [-0.1, -0.05) is 23.2 Å². The average molecular weight is 346 g/mol. The van der Waals surface area contributed by atoms with E-state index in [1.165, 1.54) is 11.3 Å². The van der Waals surface area contributed by atoms with Crippen LogP contribution in [-0.4, -0.2) is 20.3 Å². The van der Waals surface area contributed by atoms with E-state index >= 15 is 0 Å². The smallest absolute Gasteiger partial charge is 0.119 e. The first-order valence-electron chi connectivity index (χ1n) is 6.53. The Labute approximate surface area is 138 Å². The summed E-state index contributed by atoms with van der Waals surface area (Å²) in [5.74, 6) is 0.821. The van der Waals surface area contributed by atoms with Crippen molar-refractivity contribution in [1.82, 2.24) is 0 Å². The molecule has 1 atom stereocenters. The van der Waals surface area contributed by atoms with Gasteiger partial charge in [-0.3, -0.25) is 0 Å². The van der Waals surface area contributed by atoms with Crippen LogP contribution >= 0.6 is 34.5 Å². The molecule has 1 unspecified atom stereocenters. The van der Waals surface area contributed by atoms with E-state index in [9.17, 15) is 0 Å². The molecule has 0 fully saturated rings. The molecule has 114 valence electrons. The van der Waals surface area contributed by atoms with Gasteiger partial charge in [-0.05, 0) is 37.3 Å². The maximum atomic E-state index is 6.16. The van der Waals surface area contributed by atoms with Crippen LogP contribution in [0.1, 0.15) is 18.5 Å². The van der Waals surface area contributed by atoms with Crippen LogP contribution in [0.25, 0.3) is 0 Å². The second kappa shape index (κ2) is 7.90. The van der Waals surface area contributed by atoms with Gasteiger partial charge in [-0.2, -0.15) is 0 Å². The van der Waals surface area contributed by atoms with Crippen LogP contribution in [-0.2, 0) is 4.74 Å². The van der Waals surface area contributed by atoms with Crippen LogP contribution in [0.4, 0.5) is 5.69 Å². The first kappa shape index (κ1) is 16.4. The Hall–Kier alpha value is -0.940. The maximum Gasteiger partial charge on any atom is 0.119 e. The Morgan fingerprint density at radius 3 is 2.48 bits per heavy atom. The van der Waals surface area contributed by atoms with E-state index in [1.54, 1.807) is 7.11 Å². The monoisotopic (exact) mass is 345 g/mol. The van der Waals surface area contributed by atoms with Gasteiger partial charge < -0.3 is 14.8 Å². The van der Waals surface area contributed by atoms with Crippen molar-refractivity contribution >= 4 is 40.2 Å². The lowest BCUT2D eigenvalue weighted by atomic mass is 10.1. The van der Waals surface area contributed by atoms with Crippen molar-refractivity contribution < 1.29 is 9.47 Å². The highest BCUT2D eigenvalue weighted by Gasteiger charge is 2.13. The molecule has 0 aliphatic carbocycles. The zero-order valence-electron chi connectivity index (χ0n) is 11.9. The van der Waals surface area contributed by atoms with Crippen molar-refractivity contribution in [3.05, 3.63) is 44.6 Å². The molecule has 0 aliphatic heterocycles. The SMILES string of the molecule is COCCOc1ccc(NC(C)c2cc(Cl)sc2Cl)cc1. The molecule has 0 saturated carbocycles. The van der Waals surface area contributed by atoms with E-state index in [-0.39, 0.29) is 6.04 Å². The summed E-state index contributed by atoms with van der Waals surface area (Å²) in [5, 5.41) is 3.39. The third-order valence-electron chi connectivity index (χ3n) is 2.94. The van der Waals surface area contributed by atoms with Crippen molar-refractivity contribution in [1.29, 1.82) is 0 Å². The Morgan fingerprint density at radius 2 is 1.90 bits per heavy atom. The number of thiophene rings is 1. The quantitative estimate of drug-likeness (QED) is 0.694. The second-order valence-corrected chi connectivity index (χ2v) is 6.80. The molecule has 21 heavy (non-hydrogen) atoms. The van der Waals surface area contributed by atoms with Crippen molar-refractivity contribution in [2.24, 2.45) is 0 Å². The summed E-state index contributed by atoms with van der Waals surface area (Å²) in [6.45, 7) is 3.17. The van der Waals surface area contributed by atoms with Crippen molar-refractivity contribution in [3.8, 4) is 5.75 Å². The number of benzene rings is 1. The number of hydrogen-bond donors (Lipinski definition) is 1. The topological polar surface area (TPSA) is 30.5 Å². The molecule has 1 heterocycles. The van der Waals surface area contributed by atoms with Crippen LogP contribution in [0.5, 0.6) is 5.75 Å². The predicted octanol–water partition coefficient (Wildman–Crippen LogP) is 5.25. The van der Waals surface area contributed by atoms with E-state index in [2.05, 4.69) is 5.32 Å². The lowest BCUT2D eigenvalue weighted by Gasteiger charge is -2.15. The standard InChI is InChI=1S/C15H17Cl2NO2S/c1-10(13-9-14(16)21-15(13)17)18-11-3-5-12(6-4-11)20-8-7-19-2/h3-6,9-10,18H,7-8H2,1-2H3. The summed E-state index contributed by atoms with van der Waals surface area (Å²) in [6, 6.07) is 9.77. The number of hydrogen-bond acceptors (Lipinski definition) is 4. The summed E-state index contributed by atoms with van der Waals surface area (Å²) in [4.78, 5) is 0. The molecule has 0 radical (unpaired) electrons. The highest BCUT2D eigenvalue weighted by molar-refractivity contribution is 7.20. The molecular formula is C15H17Cl2NO2S. The predicted molar refractivity (Wildman–Crippen MR) is 90.2 cm³/mol. The molecular weight excluding hydrogens is 329 g/mol. The number of rotatable bonds is 7. The van der Waals surface area contributed by atoms with Gasteiger partial charge in [-0.15, -0.1) is 11.3 Å². The molecule has 0 saturated heterocycles. The lowest BCUT2D eigenvalue weighted by Crippen LogP contribution is -2.06. The second-order valence-electron chi connectivity index (χ2n) is 4.51. The molecule has 1 aromatic carbocycles. The van der Waals surface area contributed by atoms with Gasteiger partial charge >= 0.3 is 0 Å². The Bertz CT molecular complexity index is 572. The summed E-state index contributed by atoms with van der Waals surface area (Å²) in [7, 11) is 1.65. The molecule has 0 bridgehead atoms. The van der Waals surface area contributed by atoms with Gasteiger partial charge in [0.1, 0.15) is 12.4 Å². The fraction of sp³-hybridized carbons (Fsp3) is 0.333. The molecule has 1 N–H and O–H groups in total. The third kappa shape index (κ3) is 4.78. The minimum absolute atomic E-state index is 0.0847. The minimum atomic E-state index is 0.0847. The third-order valence-corrected chi connectivity index (χ3v) is 4.46. The number of halogens is 2. The van der Waals surface area contributed by atoms with E-state index in [0.717, 1.165) is 21.3 Å². The van der Waals surface area contributed by atoms with Crippen LogP contribution < -0.4 is 10.1 Å². The van der Waals surface area contributed by atoms with E-state index < -0.39 is 0 Å². The maximum absolute atomic E-state index is 6.16. The highest BCUT2D eigenvalue weighted by atomic mass is 35.5. The van der Waals surface area contributed by atoms with Gasteiger partial charge in [-0.25, -0.2) is 0 Å². The zero-order valence-corrected chi connectivity index (χ0v) is 14.2. The largest absolute Gasteiger partial charge is 0.491 e. The van der Waals surface area contributed by atoms with Crippen molar-refractivity contribution in [2.75, 3.05) is 25.6 Å². The summed E-state index contributed by atoms with van der Waals surface area (Å²) >= 11 is 13.5. The highest BCUT2D eigenvalue weighted by Crippen LogP contribution is 2.36. The van der Waals surface area contributed by atoms with Gasteiger partial charge in [0.25, 0.3) is 0 Å². The van der Waals surface area contributed by atoms with Crippen LogP contribution in [0, 0.1) is 0 Å². The molecule has 2 aromatic rings. The van der Waals surface area contributed by atoms with Gasteiger partial charge in [0.15, 0.2) is 0 Å². The summed E-state index contributed by atoms with van der Waals surface area (Å²) < 4.78 is 11.9. The molecule has 6 heteroatoms. The number of methoxy groups -OCH3 is 1. The molecule has 3 nitrogen and oxygen atoms in total. The first-order valence-corrected chi connectivity index (χ1v) is 8.10. The molecule has 1 aromatic heterocycles. The minimum Gasteiger partial charge on any atom is -0.491 e. The average Bonchev–Trinajstić information content (AvgIpc) is 2.80. The van der Waals surface area contributed by atoms with Crippen LogP contribution in [0.3, 0.4) is 0 Å². The lowest BCUT2D eigenvalue weighted by molar-refractivity contribution is 0.146. The summed E-state index contributed by atoms with van der Waals surface area (Å²) in [6.07, 6.45) is 0. The fourth-order valence-electron chi connectivity index (χ4n) is 1.87. The van der Waals surface area contributed by atoms with Gasteiger partial charge in [0, 0.05) is 18.4 Å². The Kier molecular flexibility index (Phi) is 6.18. The normalized spacial score (nSPS) is 12.2. The number of anilines is 1. The molecule has 2 rings (SSSR count). The first-order chi connectivity index (χ1) is 10.1. The van der Waals surface area contributed by atoms with Crippen LogP contribution in [0.2, 0.25) is 8.67 Å². The fourth-order valence-corrected chi connectivity index (χ4v) is 3.51. The number of nitrogens with one attached hydrogen (secondary N) is 1. The van der Waals surface area contributed by atoms with E-state index in [0.29, 0.717) is 17.6 Å². The van der Waals surface area contributed by atoms with E-state index in [1.807, 2.05) is 37.3 Å². The molecule has 0 amide bonds. The van der Waals surface area contributed by atoms with Crippen molar-refractivity contribution in [2.45, 2.75) is 13.0 Å². The van der Waals surface area contributed by atoms with Crippen molar-refractivity contribution in [3.63, 3.8) is 0 Å². The Balaban J connectivity index is 1.95.